The first-order chi connectivity index (χ1) is 10.3. The largest absolute Gasteiger partial charge is 0.480 e. The van der Waals surface area contributed by atoms with Crippen LogP contribution < -0.4 is 0 Å². The molecule has 120 valence electrons. The van der Waals surface area contributed by atoms with Gasteiger partial charge in [0.15, 0.2) is 6.04 Å². The SMILES string of the molecule is O=C(O)[C@H]1COCCN1C(=O)Cc1cccc(C(F)(F)F)c1. The van der Waals surface area contributed by atoms with E-state index in [1.54, 1.807) is 0 Å². The van der Waals surface area contributed by atoms with E-state index in [4.69, 9.17) is 9.84 Å². The fourth-order valence-corrected chi connectivity index (χ4v) is 2.24. The molecule has 0 radical (unpaired) electrons. The standard InChI is InChI=1S/C14H14F3NO4/c15-14(16,17)10-3-1-2-9(6-10)7-12(19)18-4-5-22-8-11(18)13(20)21/h1-3,6,11H,4-5,7-8H2,(H,20,21)/t11-/m1/s1. The Balaban J connectivity index is 2.12. The van der Waals surface area contributed by atoms with E-state index >= 15 is 0 Å². The topological polar surface area (TPSA) is 66.8 Å². The number of morpholine rings is 1. The number of ether oxygens (including phenoxy) is 1. The van der Waals surface area contributed by atoms with Crippen molar-refractivity contribution >= 4 is 11.9 Å². The Bertz CT molecular complexity index is 573. The number of hydrogen-bond donors (Lipinski definition) is 1. The van der Waals surface area contributed by atoms with Crippen LogP contribution in [0.1, 0.15) is 11.1 Å². The summed E-state index contributed by atoms with van der Waals surface area (Å²) in [7, 11) is 0. The van der Waals surface area contributed by atoms with Crippen LogP contribution in [0.3, 0.4) is 0 Å². The smallest absolute Gasteiger partial charge is 0.416 e. The molecule has 1 amide bonds. The van der Waals surface area contributed by atoms with Crippen LogP contribution in [0.2, 0.25) is 0 Å². The summed E-state index contributed by atoms with van der Waals surface area (Å²) in [5.41, 5.74) is -0.648. The van der Waals surface area contributed by atoms with Gasteiger partial charge in [0.25, 0.3) is 0 Å². The number of alkyl halides is 3. The molecule has 0 bridgehead atoms. The van der Waals surface area contributed by atoms with Gasteiger partial charge < -0.3 is 14.7 Å². The molecule has 1 aliphatic heterocycles. The van der Waals surface area contributed by atoms with Gasteiger partial charge in [-0.25, -0.2) is 4.79 Å². The number of carboxylic acids is 1. The summed E-state index contributed by atoms with van der Waals surface area (Å²) >= 11 is 0. The average molecular weight is 317 g/mol. The lowest BCUT2D eigenvalue weighted by Gasteiger charge is -2.33. The molecule has 22 heavy (non-hydrogen) atoms. The minimum atomic E-state index is -4.48. The molecule has 1 saturated heterocycles. The Kier molecular flexibility index (Phi) is 4.70. The molecule has 1 aliphatic rings. The maximum atomic E-state index is 12.6. The lowest BCUT2D eigenvalue weighted by Crippen LogP contribution is -2.53. The number of carboxylic acid groups (broad SMARTS) is 1. The van der Waals surface area contributed by atoms with Crippen LogP contribution in [0, 0.1) is 0 Å². The molecule has 0 aromatic heterocycles. The van der Waals surface area contributed by atoms with Crippen molar-refractivity contribution in [3.63, 3.8) is 0 Å². The number of carbonyl (C=O) groups excluding carboxylic acids is 1. The van der Waals surface area contributed by atoms with Gasteiger partial charge in [0.2, 0.25) is 5.91 Å². The highest BCUT2D eigenvalue weighted by Gasteiger charge is 2.33. The van der Waals surface area contributed by atoms with Gasteiger partial charge in [-0.3, -0.25) is 4.79 Å². The van der Waals surface area contributed by atoms with E-state index < -0.39 is 29.7 Å². The fourth-order valence-electron chi connectivity index (χ4n) is 2.24. The first kappa shape index (κ1) is 16.3. The Morgan fingerprint density at radius 3 is 2.73 bits per heavy atom. The van der Waals surface area contributed by atoms with Crippen LogP contribution in [-0.2, 0) is 26.9 Å². The zero-order chi connectivity index (χ0) is 16.3. The summed E-state index contributed by atoms with van der Waals surface area (Å²) in [6.07, 6.45) is -4.77. The Hall–Kier alpha value is -2.09. The number of aliphatic carboxylic acids is 1. The van der Waals surface area contributed by atoms with Gasteiger partial charge in [-0.05, 0) is 11.6 Å². The summed E-state index contributed by atoms with van der Waals surface area (Å²) in [6.45, 7) is 0.191. The van der Waals surface area contributed by atoms with E-state index in [-0.39, 0.29) is 31.7 Å². The average Bonchev–Trinajstić information content (AvgIpc) is 2.46. The molecule has 0 spiro atoms. The number of halogens is 3. The van der Waals surface area contributed by atoms with Crippen LogP contribution in [0.5, 0.6) is 0 Å². The third-order valence-electron chi connectivity index (χ3n) is 3.34. The van der Waals surface area contributed by atoms with Crippen LogP contribution in [0.25, 0.3) is 0 Å². The van der Waals surface area contributed by atoms with E-state index in [1.807, 2.05) is 0 Å². The molecule has 0 unspecified atom stereocenters. The molecule has 8 heteroatoms. The minimum Gasteiger partial charge on any atom is -0.480 e. The van der Waals surface area contributed by atoms with Crippen molar-refractivity contribution in [3.8, 4) is 0 Å². The number of nitrogens with zero attached hydrogens (tertiary/aromatic N) is 1. The van der Waals surface area contributed by atoms with Crippen LogP contribution in [0.15, 0.2) is 24.3 Å². The molecular weight excluding hydrogens is 303 g/mol. The summed E-state index contributed by atoms with van der Waals surface area (Å²) < 4.78 is 42.9. The third kappa shape index (κ3) is 3.76. The van der Waals surface area contributed by atoms with Crippen molar-refractivity contribution < 1.29 is 32.6 Å². The second-order valence-electron chi connectivity index (χ2n) is 4.89. The number of benzene rings is 1. The normalized spacial score (nSPS) is 19.0. The summed E-state index contributed by atoms with van der Waals surface area (Å²) in [6, 6.07) is 3.34. The van der Waals surface area contributed by atoms with Gasteiger partial charge in [0.05, 0.1) is 25.2 Å². The van der Waals surface area contributed by atoms with Crippen molar-refractivity contribution in [1.29, 1.82) is 0 Å². The van der Waals surface area contributed by atoms with E-state index in [9.17, 15) is 22.8 Å². The Morgan fingerprint density at radius 1 is 1.36 bits per heavy atom. The van der Waals surface area contributed by atoms with Crippen molar-refractivity contribution in [3.05, 3.63) is 35.4 Å². The third-order valence-corrected chi connectivity index (χ3v) is 3.34. The van der Waals surface area contributed by atoms with Gasteiger partial charge in [-0.1, -0.05) is 18.2 Å². The predicted octanol–water partition coefficient (Wildman–Crippen LogP) is 1.56. The van der Waals surface area contributed by atoms with Crippen molar-refractivity contribution in [2.24, 2.45) is 0 Å². The Morgan fingerprint density at radius 2 is 2.09 bits per heavy atom. The predicted molar refractivity (Wildman–Crippen MR) is 69.1 cm³/mol. The zero-order valence-corrected chi connectivity index (χ0v) is 11.5. The highest BCUT2D eigenvalue weighted by molar-refractivity contribution is 5.85. The molecule has 0 aliphatic carbocycles. The Labute approximate surface area is 124 Å². The van der Waals surface area contributed by atoms with Gasteiger partial charge in [0.1, 0.15) is 0 Å². The molecule has 5 nitrogen and oxygen atoms in total. The van der Waals surface area contributed by atoms with Crippen LogP contribution >= 0.6 is 0 Å². The molecular formula is C14H14F3NO4. The highest BCUT2D eigenvalue weighted by atomic mass is 19.4. The van der Waals surface area contributed by atoms with Gasteiger partial charge >= 0.3 is 12.1 Å². The molecule has 1 atom stereocenters. The van der Waals surface area contributed by atoms with Crippen molar-refractivity contribution in [1.82, 2.24) is 4.90 Å². The lowest BCUT2D eigenvalue weighted by atomic mass is 10.1. The van der Waals surface area contributed by atoms with E-state index in [1.165, 1.54) is 12.1 Å². The summed E-state index contributed by atoms with van der Waals surface area (Å²) in [5, 5.41) is 9.05. The quantitative estimate of drug-likeness (QED) is 0.919. The highest BCUT2D eigenvalue weighted by Crippen LogP contribution is 2.29. The van der Waals surface area contributed by atoms with Gasteiger partial charge in [-0.15, -0.1) is 0 Å². The molecule has 1 N–H and O–H groups in total. The second-order valence-corrected chi connectivity index (χ2v) is 4.89. The fraction of sp³-hybridized carbons (Fsp3) is 0.429. The monoisotopic (exact) mass is 317 g/mol. The number of carbonyl (C=O) groups is 2. The minimum absolute atomic E-state index is 0.106. The number of hydrogen-bond acceptors (Lipinski definition) is 3. The second kappa shape index (κ2) is 6.35. The summed E-state index contributed by atoms with van der Waals surface area (Å²) in [4.78, 5) is 24.4. The van der Waals surface area contributed by atoms with Crippen molar-refractivity contribution in [2.45, 2.75) is 18.6 Å². The molecule has 0 saturated carbocycles. The summed E-state index contributed by atoms with van der Waals surface area (Å²) in [5.74, 6) is -1.73. The van der Waals surface area contributed by atoms with E-state index in [0.717, 1.165) is 17.0 Å². The maximum Gasteiger partial charge on any atom is 0.416 e. The molecule has 1 fully saturated rings. The first-order valence-electron chi connectivity index (χ1n) is 6.55. The first-order valence-corrected chi connectivity index (χ1v) is 6.55. The number of rotatable bonds is 3. The number of amides is 1. The lowest BCUT2D eigenvalue weighted by molar-refractivity contribution is -0.158. The molecule has 1 heterocycles. The zero-order valence-electron chi connectivity index (χ0n) is 11.5. The van der Waals surface area contributed by atoms with Crippen LogP contribution in [0.4, 0.5) is 13.2 Å². The van der Waals surface area contributed by atoms with E-state index in [2.05, 4.69) is 0 Å². The van der Waals surface area contributed by atoms with Gasteiger partial charge in [-0.2, -0.15) is 13.2 Å². The van der Waals surface area contributed by atoms with Crippen LogP contribution in [-0.4, -0.2) is 47.7 Å². The molecule has 1 aromatic carbocycles. The molecule has 1 aromatic rings. The van der Waals surface area contributed by atoms with Crippen molar-refractivity contribution in [2.75, 3.05) is 19.8 Å². The van der Waals surface area contributed by atoms with Gasteiger partial charge in [0, 0.05) is 6.54 Å². The van der Waals surface area contributed by atoms with E-state index in [0.29, 0.717) is 0 Å². The molecule has 2 rings (SSSR count). The maximum absolute atomic E-state index is 12.6.